The number of rotatable bonds is 6. The topological polar surface area (TPSA) is 32.3 Å². The highest BCUT2D eigenvalue weighted by Gasteiger charge is 2.29. The third kappa shape index (κ3) is 7.58. The fraction of sp³-hybridized carbons (Fsp3) is 0.857. The Labute approximate surface area is 74.9 Å². The van der Waals surface area contributed by atoms with E-state index in [4.69, 9.17) is 0 Å². The Hall–Kier alpha value is -0.780. The summed E-state index contributed by atoms with van der Waals surface area (Å²) in [5, 5.41) is 2.31. The molecule has 0 heterocycles. The smallest absolute Gasteiger partial charge is 0.357 e. The van der Waals surface area contributed by atoms with E-state index in [9.17, 15) is 18.0 Å². The van der Waals surface area contributed by atoms with E-state index in [0.717, 1.165) is 0 Å². The van der Waals surface area contributed by atoms with Gasteiger partial charge in [0.05, 0.1) is 6.54 Å². The van der Waals surface area contributed by atoms with Gasteiger partial charge in [-0.05, 0) is 6.54 Å². The van der Waals surface area contributed by atoms with Crippen LogP contribution >= 0.6 is 0 Å². The largest absolute Gasteiger partial charge is 0.401 e. The molecule has 0 aromatic carbocycles. The number of likely N-dealkylation sites (N-methyl/N-ethyl adjacent to an activating group) is 1. The molecule has 1 amide bonds. The van der Waals surface area contributed by atoms with Gasteiger partial charge in [0.25, 0.3) is 0 Å². The molecule has 6 heteroatoms. The van der Waals surface area contributed by atoms with Gasteiger partial charge < -0.3 is 5.32 Å². The fourth-order valence-corrected chi connectivity index (χ4v) is 0.884. The summed E-state index contributed by atoms with van der Waals surface area (Å²) in [7, 11) is 0. The van der Waals surface area contributed by atoms with Gasteiger partial charge >= 0.3 is 6.18 Å². The van der Waals surface area contributed by atoms with Crippen molar-refractivity contribution in [2.75, 3.05) is 26.2 Å². The molecule has 0 rings (SSSR count). The molecule has 0 saturated carbocycles. The zero-order valence-electron chi connectivity index (χ0n) is 7.40. The highest BCUT2D eigenvalue weighted by molar-refractivity contribution is 5.45. The summed E-state index contributed by atoms with van der Waals surface area (Å²) in [6, 6.07) is 0. The van der Waals surface area contributed by atoms with Gasteiger partial charge in [0.1, 0.15) is 0 Å². The van der Waals surface area contributed by atoms with Crippen LogP contribution in [-0.2, 0) is 4.79 Å². The van der Waals surface area contributed by atoms with Crippen molar-refractivity contribution in [1.82, 2.24) is 10.2 Å². The highest BCUT2D eigenvalue weighted by atomic mass is 19.4. The van der Waals surface area contributed by atoms with Gasteiger partial charge in [0.2, 0.25) is 6.41 Å². The monoisotopic (exact) mass is 198 g/mol. The second-order valence-corrected chi connectivity index (χ2v) is 2.56. The minimum absolute atomic E-state index is 0.217. The zero-order valence-corrected chi connectivity index (χ0v) is 7.40. The van der Waals surface area contributed by atoms with Gasteiger partial charge in [-0.25, -0.2) is 0 Å². The fourth-order valence-electron chi connectivity index (χ4n) is 0.884. The number of nitrogens with zero attached hydrogens (tertiary/aromatic N) is 1. The van der Waals surface area contributed by atoms with Gasteiger partial charge in [-0.2, -0.15) is 13.2 Å². The number of hydrogen-bond donors (Lipinski definition) is 1. The molecule has 0 aliphatic carbocycles. The molecule has 0 radical (unpaired) electrons. The average Bonchev–Trinajstić information content (AvgIpc) is 2.01. The van der Waals surface area contributed by atoms with Crippen molar-refractivity contribution in [2.24, 2.45) is 0 Å². The number of nitrogens with one attached hydrogen (secondary N) is 1. The molecule has 0 aliphatic rings. The van der Waals surface area contributed by atoms with E-state index < -0.39 is 12.7 Å². The van der Waals surface area contributed by atoms with E-state index in [1.807, 2.05) is 0 Å². The maximum absolute atomic E-state index is 11.9. The number of carbonyl (C=O) groups is 1. The minimum atomic E-state index is -4.17. The van der Waals surface area contributed by atoms with Gasteiger partial charge in [0, 0.05) is 13.1 Å². The molecule has 0 aromatic rings. The molecule has 13 heavy (non-hydrogen) atoms. The van der Waals surface area contributed by atoms with Crippen molar-refractivity contribution in [3.63, 3.8) is 0 Å². The quantitative estimate of drug-likeness (QED) is 0.501. The number of alkyl halides is 3. The van der Waals surface area contributed by atoms with Crippen molar-refractivity contribution in [3.8, 4) is 0 Å². The Morgan fingerprint density at radius 1 is 1.46 bits per heavy atom. The summed E-state index contributed by atoms with van der Waals surface area (Å²) >= 11 is 0. The van der Waals surface area contributed by atoms with Crippen molar-refractivity contribution in [2.45, 2.75) is 13.1 Å². The molecule has 3 nitrogen and oxygen atoms in total. The SMILES string of the molecule is CCN(CCNC=O)CC(F)(F)F. The second kappa shape index (κ2) is 5.80. The molecule has 0 unspecified atom stereocenters. The molecule has 0 aliphatic heterocycles. The third-order valence-electron chi connectivity index (χ3n) is 1.51. The number of halogens is 3. The first-order valence-corrected chi connectivity index (χ1v) is 3.95. The molecule has 0 atom stereocenters. The molecule has 0 aromatic heterocycles. The van der Waals surface area contributed by atoms with E-state index in [-0.39, 0.29) is 13.1 Å². The Morgan fingerprint density at radius 2 is 2.08 bits per heavy atom. The minimum Gasteiger partial charge on any atom is -0.357 e. The Balaban J connectivity index is 3.69. The first-order chi connectivity index (χ1) is 5.99. The Morgan fingerprint density at radius 3 is 2.46 bits per heavy atom. The third-order valence-corrected chi connectivity index (χ3v) is 1.51. The number of amides is 1. The van der Waals surface area contributed by atoms with Crippen LogP contribution in [0.15, 0.2) is 0 Å². The van der Waals surface area contributed by atoms with E-state index in [1.165, 1.54) is 4.90 Å². The maximum Gasteiger partial charge on any atom is 0.401 e. The van der Waals surface area contributed by atoms with Crippen LogP contribution in [0.1, 0.15) is 6.92 Å². The molecular weight excluding hydrogens is 185 g/mol. The van der Waals surface area contributed by atoms with Crippen molar-refractivity contribution in [3.05, 3.63) is 0 Å². The van der Waals surface area contributed by atoms with Gasteiger partial charge in [-0.3, -0.25) is 9.69 Å². The van der Waals surface area contributed by atoms with Crippen molar-refractivity contribution in [1.29, 1.82) is 0 Å². The average molecular weight is 198 g/mol. The summed E-state index contributed by atoms with van der Waals surface area (Å²) < 4.78 is 35.6. The molecule has 0 saturated heterocycles. The van der Waals surface area contributed by atoms with Crippen LogP contribution in [0.2, 0.25) is 0 Å². The van der Waals surface area contributed by atoms with Crippen LogP contribution < -0.4 is 5.32 Å². The van der Waals surface area contributed by atoms with E-state index in [0.29, 0.717) is 13.0 Å². The predicted octanol–water partition coefficient (Wildman–Crippen LogP) is 0.617. The lowest BCUT2D eigenvalue weighted by Gasteiger charge is -2.21. The van der Waals surface area contributed by atoms with Crippen LogP contribution in [0.25, 0.3) is 0 Å². The summed E-state index contributed by atoms with van der Waals surface area (Å²) in [6.45, 7) is 1.50. The maximum atomic E-state index is 11.9. The van der Waals surface area contributed by atoms with E-state index >= 15 is 0 Å². The predicted molar refractivity (Wildman–Crippen MR) is 42.2 cm³/mol. The molecule has 0 spiro atoms. The summed E-state index contributed by atoms with van der Waals surface area (Å²) in [4.78, 5) is 11.0. The van der Waals surface area contributed by atoms with Crippen LogP contribution in [-0.4, -0.2) is 43.7 Å². The lowest BCUT2D eigenvalue weighted by molar-refractivity contribution is -0.145. The lowest BCUT2D eigenvalue weighted by Crippen LogP contribution is -2.38. The summed E-state index contributed by atoms with van der Waals surface area (Å²) in [6.07, 6.45) is -3.70. The molecule has 0 fully saturated rings. The molecule has 1 N–H and O–H groups in total. The highest BCUT2D eigenvalue weighted by Crippen LogP contribution is 2.15. The molecule has 0 bridgehead atoms. The molecular formula is C7H13F3N2O. The number of hydrogen-bond acceptors (Lipinski definition) is 2. The van der Waals surface area contributed by atoms with Gasteiger partial charge in [-0.15, -0.1) is 0 Å². The first-order valence-electron chi connectivity index (χ1n) is 3.95. The molecule has 78 valence electrons. The Kier molecular flexibility index (Phi) is 5.45. The second-order valence-electron chi connectivity index (χ2n) is 2.56. The summed E-state index contributed by atoms with van der Waals surface area (Å²) in [5.74, 6) is 0. The van der Waals surface area contributed by atoms with E-state index in [1.54, 1.807) is 6.92 Å². The van der Waals surface area contributed by atoms with Crippen LogP contribution in [0, 0.1) is 0 Å². The normalized spacial score (nSPS) is 11.8. The van der Waals surface area contributed by atoms with Crippen LogP contribution in [0.4, 0.5) is 13.2 Å². The first kappa shape index (κ1) is 12.2. The van der Waals surface area contributed by atoms with Gasteiger partial charge in [0.15, 0.2) is 0 Å². The number of carbonyl (C=O) groups excluding carboxylic acids is 1. The van der Waals surface area contributed by atoms with E-state index in [2.05, 4.69) is 5.32 Å². The van der Waals surface area contributed by atoms with Gasteiger partial charge in [-0.1, -0.05) is 6.92 Å². The zero-order chi connectivity index (χ0) is 10.3. The van der Waals surface area contributed by atoms with Crippen molar-refractivity contribution < 1.29 is 18.0 Å². The summed E-state index contributed by atoms with van der Waals surface area (Å²) in [5.41, 5.74) is 0. The van der Waals surface area contributed by atoms with Crippen molar-refractivity contribution >= 4 is 6.41 Å². The van der Waals surface area contributed by atoms with Crippen LogP contribution in [0.5, 0.6) is 0 Å². The van der Waals surface area contributed by atoms with Crippen LogP contribution in [0.3, 0.4) is 0 Å². The Bertz CT molecular complexity index is 149. The lowest BCUT2D eigenvalue weighted by atomic mass is 10.4. The standard InChI is InChI=1S/C7H13F3N2O/c1-2-12(4-3-11-6-13)5-7(8,9)10/h6H,2-5H2,1H3,(H,11,13).